The number of hydrogen-bond donors (Lipinski definition) is 0. The van der Waals surface area contributed by atoms with Crippen LogP contribution in [0.2, 0.25) is 0 Å². The second-order valence-corrected chi connectivity index (χ2v) is 0.862. The maximum atomic E-state index is 9.07. The molecule has 3 nitrogen and oxygen atoms in total. The van der Waals surface area contributed by atoms with Gasteiger partial charge in [-0.15, -0.1) is 0 Å². The van der Waals surface area contributed by atoms with Gasteiger partial charge in [-0.3, -0.25) is 0 Å². The van der Waals surface area contributed by atoms with Crippen molar-refractivity contribution in [2.45, 2.75) is 0 Å². The molecular formula is CH3LiO3Si. The fourth-order valence-electron chi connectivity index (χ4n) is 0. The van der Waals surface area contributed by atoms with Crippen LogP contribution in [0.1, 0.15) is 0 Å². The van der Waals surface area contributed by atoms with E-state index in [2.05, 4.69) is 4.43 Å². The largest absolute Gasteiger partial charge is 1.00 e. The molecule has 0 aliphatic carbocycles. The zero-order chi connectivity index (χ0) is 4.28. The molecule has 0 bridgehead atoms. The van der Waals surface area contributed by atoms with Gasteiger partial charge < -0.3 is 14.3 Å². The summed E-state index contributed by atoms with van der Waals surface area (Å²) in [4.78, 5) is 9.07. The van der Waals surface area contributed by atoms with Crippen LogP contribution in [-0.4, -0.2) is 16.6 Å². The van der Waals surface area contributed by atoms with E-state index in [1.54, 1.807) is 0 Å². The molecule has 0 aromatic rings. The van der Waals surface area contributed by atoms with Crippen LogP contribution in [-0.2, 0) is 4.43 Å². The summed E-state index contributed by atoms with van der Waals surface area (Å²) >= 11 is 0. The quantitative estimate of drug-likeness (QED) is 0.284. The first-order valence-electron chi connectivity index (χ1n) is 1.02. The molecule has 0 saturated carbocycles. The van der Waals surface area contributed by atoms with Crippen molar-refractivity contribution in [1.82, 2.24) is 0 Å². The van der Waals surface area contributed by atoms with Gasteiger partial charge in [0.1, 0.15) is 10.5 Å². The monoisotopic (exact) mass is 98.0 g/mol. The molecule has 0 radical (unpaired) electrons. The summed E-state index contributed by atoms with van der Waals surface area (Å²) in [6, 6.07) is 0. The molecule has 0 amide bonds. The average Bonchev–Trinajstić information content (AvgIpc) is 1.38. The molecule has 0 aromatic carbocycles. The van der Waals surface area contributed by atoms with E-state index in [0.717, 1.165) is 0 Å². The molecule has 0 spiro atoms. The van der Waals surface area contributed by atoms with Crippen molar-refractivity contribution in [2.75, 3.05) is 0 Å². The number of carbonyl (C=O) groups is 1. The maximum Gasteiger partial charge on any atom is 1.00 e. The van der Waals surface area contributed by atoms with Crippen LogP contribution < -0.4 is 24.0 Å². The zero-order valence-electron chi connectivity index (χ0n) is 3.72. The molecule has 0 heterocycles. The Morgan fingerprint density at radius 1 is 1.83 bits per heavy atom. The number of hydrogen-bond acceptors (Lipinski definition) is 3. The molecular weight excluding hydrogens is 95.0 g/mol. The third-order valence-corrected chi connectivity index (χ3v) is 0.500. The number of carbonyl (C=O) groups excluding carboxylic acids is 1. The maximum absolute atomic E-state index is 9.07. The molecule has 0 aliphatic heterocycles. The Bertz CT molecular complexity index is 46.1. The van der Waals surface area contributed by atoms with Crippen LogP contribution >= 0.6 is 0 Å². The summed E-state index contributed by atoms with van der Waals surface area (Å²) < 4.78 is 3.69. The first-order chi connectivity index (χ1) is 2.27. The Balaban J connectivity index is 0. The first kappa shape index (κ1) is 9.43. The predicted octanol–water partition coefficient (Wildman–Crippen LogP) is -5.37. The summed E-state index contributed by atoms with van der Waals surface area (Å²) in [5.74, 6) is 0. The summed E-state index contributed by atoms with van der Waals surface area (Å²) in [5.41, 5.74) is 0. The van der Waals surface area contributed by atoms with E-state index in [-0.39, 0.29) is 29.3 Å². The topological polar surface area (TPSA) is 49.4 Å². The summed E-state index contributed by atoms with van der Waals surface area (Å²) in [6.45, 7) is 0. The molecule has 0 rings (SSSR count). The third kappa shape index (κ3) is 8.94. The van der Waals surface area contributed by atoms with Crippen molar-refractivity contribution in [1.29, 1.82) is 0 Å². The summed E-state index contributed by atoms with van der Waals surface area (Å²) in [7, 11) is 0.211. The molecule has 0 unspecified atom stereocenters. The van der Waals surface area contributed by atoms with Crippen LogP contribution in [0.15, 0.2) is 0 Å². The summed E-state index contributed by atoms with van der Waals surface area (Å²) in [6.07, 6.45) is -1.43. The van der Waals surface area contributed by atoms with E-state index >= 15 is 0 Å². The van der Waals surface area contributed by atoms with Crippen LogP contribution in [0, 0.1) is 0 Å². The van der Waals surface area contributed by atoms with Crippen molar-refractivity contribution in [2.24, 2.45) is 0 Å². The van der Waals surface area contributed by atoms with Crippen LogP contribution in [0.25, 0.3) is 0 Å². The Kier molecular flexibility index (Phi) is 7.99. The van der Waals surface area contributed by atoms with Crippen molar-refractivity contribution in [3.63, 3.8) is 0 Å². The Morgan fingerprint density at radius 3 is 2.00 bits per heavy atom. The number of carboxylic acid groups (broad SMARTS) is 1. The van der Waals surface area contributed by atoms with Gasteiger partial charge in [0.25, 0.3) is 0 Å². The molecule has 0 aromatic heterocycles. The second-order valence-electron chi connectivity index (χ2n) is 0.454. The van der Waals surface area contributed by atoms with Crippen LogP contribution in [0.5, 0.6) is 0 Å². The van der Waals surface area contributed by atoms with Crippen molar-refractivity contribution >= 4 is 16.6 Å². The smallest absolute Gasteiger partial charge is 0.592 e. The normalized spacial score (nSPS) is 6.00. The molecule has 0 aliphatic rings. The van der Waals surface area contributed by atoms with Gasteiger partial charge in [0, 0.05) is 0 Å². The van der Waals surface area contributed by atoms with Gasteiger partial charge in [-0.2, -0.15) is 0 Å². The van der Waals surface area contributed by atoms with E-state index in [4.69, 9.17) is 9.90 Å². The van der Waals surface area contributed by atoms with E-state index < -0.39 is 6.16 Å². The van der Waals surface area contributed by atoms with Gasteiger partial charge in [0.05, 0.1) is 0 Å². The fourth-order valence-corrected chi connectivity index (χ4v) is 0. The molecule has 0 saturated heterocycles. The van der Waals surface area contributed by atoms with Gasteiger partial charge in [-0.05, 0) is 0 Å². The van der Waals surface area contributed by atoms with E-state index in [9.17, 15) is 0 Å². The van der Waals surface area contributed by atoms with Gasteiger partial charge in [0.2, 0.25) is 6.16 Å². The van der Waals surface area contributed by atoms with Crippen molar-refractivity contribution < 1.29 is 33.2 Å². The predicted molar refractivity (Wildman–Crippen MR) is 16.4 cm³/mol. The van der Waals surface area contributed by atoms with Crippen LogP contribution in [0.4, 0.5) is 4.79 Å². The Hall–Kier alpha value is 0.0843. The molecule has 0 fully saturated rings. The Morgan fingerprint density at radius 2 is 2.00 bits per heavy atom. The first-order valence-corrected chi connectivity index (χ1v) is 1.84. The molecule has 30 valence electrons. The molecule has 0 N–H and O–H groups in total. The van der Waals surface area contributed by atoms with E-state index in [1.807, 2.05) is 0 Å². The molecule has 0 atom stereocenters. The minimum absolute atomic E-state index is 0. The minimum atomic E-state index is -1.43. The molecule has 6 heavy (non-hydrogen) atoms. The van der Waals surface area contributed by atoms with Crippen LogP contribution in [0.3, 0.4) is 0 Å². The van der Waals surface area contributed by atoms with Gasteiger partial charge in [0.15, 0.2) is 0 Å². The van der Waals surface area contributed by atoms with Gasteiger partial charge in [-0.25, -0.2) is 0 Å². The molecule has 5 heteroatoms. The minimum Gasteiger partial charge on any atom is -0.592 e. The second kappa shape index (κ2) is 5.08. The van der Waals surface area contributed by atoms with E-state index in [0.29, 0.717) is 0 Å². The van der Waals surface area contributed by atoms with Crippen molar-refractivity contribution in [3.05, 3.63) is 0 Å². The standard InChI is InChI=1S/CH4O3Si.Li/c2-1(3)4-5;/h5H3,(H,2,3);/q;+1/p-1. The SMILES string of the molecule is O=C([O-])O[SiH3].[Li+]. The summed E-state index contributed by atoms with van der Waals surface area (Å²) in [5, 5.41) is 9.07. The van der Waals surface area contributed by atoms with Gasteiger partial charge in [-0.1, -0.05) is 0 Å². The fraction of sp³-hybridized carbons (Fsp3) is 0. The number of rotatable bonds is 0. The zero-order valence-corrected chi connectivity index (χ0v) is 5.72. The van der Waals surface area contributed by atoms with E-state index in [1.165, 1.54) is 0 Å². The van der Waals surface area contributed by atoms with Gasteiger partial charge >= 0.3 is 18.9 Å². The average molecular weight is 98.1 g/mol. The Labute approximate surface area is 50.4 Å². The van der Waals surface area contributed by atoms with Crippen molar-refractivity contribution in [3.8, 4) is 0 Å². The third-order valence-electron chi connectivity index (χ3n) is 0.167.